The van der Waals surface area contributed by atoms with Crippen LogP contribution in [0.2, 0.25) is 0 Å². The Morgan fingerprint density at radius 2 is 0.763 bits per heavy atom. The molecule has 0 radical (unpaired) electrons. The molecule has 342 valence electrons. The van der Waals surface area contributed by atoms with Crippen molar-refractivity contribution in [1.29, 1.82) is 0 Å². The minimum Gasteiger partial charge on any atom is -0.378 e. The average Bonchev–Trinajstić information content (AvgIpc) is 3.17. The summed E-state index contributed by atoms with van der Waals surface area (Å²) in [6, 6.07) is 0.591. The van der Waals surface area contributed by atoms with Crippen molar-refractivity contribution in [3.63, 3.8) is 0 Å². The zero-order valence-electron chi connectivity index (χ0n) is 37.7. The van der Waals surface area contributed by atoms with Crippen molar-refractivity contribution in [3.8, 4) is 0 Å². The van der Waals surface area contributed by atoms with Gasteiger partial charge in [0.2, 0.25) is 23.6 Å². The molecule has 59 heavy (non-hydrogen) atoms. The minimum absolute atomic E-state index is 0.0297. The van der Waals surface area contributed by atoms with Crippen LogP contribution in [-0.2, 0) is 38.1 Å². The van der Waals surface area contributed by atoms with Crippen molar-refractivity contribution < 1.29 is 38.1 Å². The zero-order chi connectivity index (χ0) is 42.4. The summed E-state index contributed by atoms with van der Waals surface area (Å²) in [5, 5.41) is 12.9. The molecular weight excluding hydrogens is 749 g/mol. The van der Waals surface area contributed by atoms with Crippen molar-refractivity contribution >= 4 is 23.6 Å². The minimum atomic E-state index is -1.12. The van der Waals surface area contributed by atoms with E-state index in [-0.39, 0.29) is 107 Å². The Labute approximate surface area is 358 Å². The molecule has 0 heterocycles. The first-order valence-electron chi connectivity index (χ1n) is 24.1. The summed E-state index contributed by atoms with van der Waals surface area (Å²) in [7, 11) is 0. The predicted octanol–water partition coefficient (Wildman–Crippen LogP) is 8.12. The van der Waals surface area contributed by atoms with Gasteiger partial charge in [-0.2, -0.15) is 0 Å². The third-order valence-electron chi connectivity index (χ3n) is 12.4. The average molecular weight is 835 g/mol. The molecule has 12 nitrogen and oxygen atoms in total. The second kappa shape index (κ2) is 30.7. The van der Waals surface area contributed by atoms with E-state index in [4.69, 9.17) is 18.9 Å². The first kappa shape index (κ1) is 51.1. The van der Waals surface area contributed by atoms with Gasteiger partial charge in [0.15, 0.2) is 0 Å². The Hall–Kier alpha value is -2.28. The number of nitrogens with one attached hydrogen (secondary N) is 4. The van der Waals surface area contributed by atoms with Crippen LogP contribution in [0.15, 0.2) is 0 Å². The van der Waals surface area contributed by atoms with Gasteiger partial charge in [-0.25, -0.2) is 0 Å². The van der Waals surface area contributed by atoms with E-state index in [2.05, 4.69) is 21.3 Å². The molecule has 0 unspecified atom stereocenters. The SMILES string of the molecule is CCOC(C)(C)CCC(=O)NC(COCCC(=O)NC1CCCCCCCCC1)(COCCC(=O)NC1CCCCCCC1)COCCC(=O)NC1CCCCCCC1. The van der Waals surface area contributed by atoms with Gasteiger partial charge in [-0.05, 0) is 65.7 Å². The van der Waals surface area contributed by atoms with Gasteiger partial charge in [0, 0.05) is 50.4 Å². The topological polar surface area (TPSA) is 153 Å². The standard InChI is InChI=1S/C47H86N4O8/c1-4-59-46(2,3)32-28-45(55)51-47(37-57-34-30-43(53)49-40-24-18-12-8-13-19-25-40,38-58-35-31-44(54)50-41-26-20-14-9-15-21-27-41)36-56-33-29-42(52)48-39-22-16-10-6-5-7-11-17-23-39/h39-41H,4-38H2,1-3H3,(H,48,52)(H,49,53)(H,50,54)(H,51,55). The summed E-state index contributed by atoms with van der Waals surface area (Å²) < 4.78 is 24.4. The molecule has 0 bridgehead atoms. The molecule has 0 aromatic carbocycles. The van der Waals surface area contributed by atoms with Crippen molar-refractivity contribution in [2.75, 3.05) is 46.2 Å². The molecule has 0 saturated heterocycles. The third kappa shape index (κ3) is 24.7. The van der Waals surface area contributed by atoms with Crippen molar-refractivity contribution in [3.05, 3.63) is 0 Å². The van der Waals surface area contributed by atoms with Crippen LogP contribution in [0.4, 0.5) is 0 Å². The molecule has 0 spiro atoms. The van der Waals surface area contributed by atoms with E-state index in [0.717, 1.165) is 77.0 Å². The molecule has 12 heteroatoms. The highest BCUT2D eigenvalue weighted by Crippen LogP contribution is 2.21. The number of carbonyl (C=O) groups is 4. The highest BCUT2D eigenvalue weighted by Gasteiger charge is 2.35. The second-order valence-electron chi connectivity index (χ2n) is 18.5. The molecular formula is C47H86N4O8. The van der Waals surface area contributed by atoms with Crippen LogP contribution in [-0.4, -0.2) is 99.1 Å². The molecule has 0 aromatic rings. The predicted molar refractivity (Wildman–Crippen MR) is 234 cm³/mol. The van der Waals surface area contributed by atoms with Crippen LogP contribution in [0.3, 0.4) is 0 Å². The lowest BCUT2D eigenvalue weighted by Crippen LogP contribution is -2.59. The van der Waals surface area contributed by atoms with E-state index < -0.39 is 11.1 Å². The number of hydrogen-bond donors (Lipinski definition) is 4. The Morgan fingerprint density at radius 3 is 1.07 bits per heavy atom. The van der Waals surface area contributed by atoms with Crippen molar-refractivity contribution in [1.82, 2.24) is 21.3 Å². The fourth-order valence-electron chi connectivity index (χ4n) is 8.82. The van der Waals surface area contributed by atoms with Gasteiger partial charge >= 0.3 is 0 Å². The van der Waals surface area contributed by atoms with Gasteiger partial charge in [-0.1, -0.05) is 109 Å². The summed E-state index contributed by atoms with van der Waals surface area (Å²) in [4.78, 5) is 52.8. The van der Waals surface area contributed by atoms with E-state index in [1.54, 1.807) is 0 Å². The molecule has 0 atom stereocenters. The lowest BCUT2D eigenvalue weighted by molar-refractivity contribution is -0.132. The van der Waals surface area contributed by atoms with Crippen LogP contribution in [0, 0.1) is 0 Å². The van der Waals surface area contributed by atoms with E-state index in [1.807, 2.05) is 20.8 Å². The maximum Gasteiger partial charge on any atom is 0.222 e. The molecule has 4 N–H and O–H groups in total. The normalized spacial score (nSPS) is 19.0. The Balaban J connectivity index is 1.64. The molecule has 4 amide bonds. The van der Waals surface area contributed by atoms with Crippen molar-refractivity contribution in [2.24, 2.45) is 0 Å². The second-order valence-corrected chi connectivity index (χ2v) is 18.5. The Kier molecular flexibility index (Phi) is 26.6. The summed E-state index contributed by atoms with van der Waals surface area (Å²) in [5.41, 5.74) is -1.60. The number of amides is 4. The molecule has 3 aliphatic rings. The summed E-state index contributed by atoms with van der Waals surface area (Å²) >= 11 is 0. The fourth-order valence-corrected chi connectivity index (χ4v) is 8.82. The summed E-state index contributed by atoms with van der Waals surface area (Å²) in [6.45, 7) is 7.04. The molecule has 3 fully saturated rings. The lowest BCUT2D eigenvalue weighted by atomic mass is 9.96. The van der Waals surface area contributed by atoms with Gasteiger partial charge in [0.25, 0.3) is 0 Å². The van der Waals surface area contributed by atoms with E-state index >= 15 is 0 Å². The van der Waals surface area contributed by atoms with Crippen LogP contribution in [0.25, 0.3) is 0 Å². The lowest BCUT2D eigenvalue weighted by Gasteiger charge is -2.35. The summed E-state index contributed by atoms with van der Waals surface area (Å²) in [6.07, 6.45) is 27.9. The van der Waals surface area contributed by atoms with Crippen LogP contribution in [0.1, 0.15) is 201 Å². The van der Waals surface area contributed by atoms with Gasteiger partial charge in [-0.3, -0.25) is 19.2 Å². The molecule has 3 saturated carbocycles. The number of hydrogen-bond acceptors (Lipinski definition) is 8. The zero-order valence-corrected chi connectivity index (χ0v) is 37.7. The van der Waals surface area contributed by atoms with Gasteiger partial charge in [0.05, 0.1) is 45.2 Å². The van der Waals surface area contributed by atoms with E-state index in [9.17, 15) is 19.2 Å². The first-order chi connectivity index (χ1) is 28.6. The monoisotopic (exact) mass is 835 g/mol. The van der Waals surface area contributed by atoms with Gasteiger partial charge in [-0.15, -0.1) is 0 Å². The van der Waals surface area contributed by atoms with Crippen molar-refractivity contribution in [2.45, 2.75) is 230 Å². The van der Waals surface area contributed by atoms with E-state index in [1.165, 1.54) is 70.6 Å². The maximum atomic E-state index is 13.7. The Morgan fingerprint density at radius 1 is 0.458 bits per heavy atom. The highest BCUT2D eigenvalue weighted by molar-refractivity contribution is 5.78. The summed E-state index contributed by atoms with van der Waals surface area (Å²) in [5.74, 6) is -0.301. The Bertz CT molecular complexity index is 1100. The quantitative estimate of drug-likeness (QED) is 0.0712. The number of carbonyl (C=O) groups excluding carboxylic acids is 4. The van der Waals surface area contributed by atoms with Crippen LogP contribution < -0.4 is 21.3 Å². The van der Waals surface area contributed by atoms with Crippen LogP contribution >= 0.6 is 0 Å². The van der Waals surface area contributed by atoms with E-state index in [0.29, 0.717) is 13.0 Å². The highest BCUT2D eigenvalue weighted by atomic mass is 16.5. The maximum absolute atomic E-state index is 13.7. The third-order valence-corrected chi connectivity index (χ3v) is 12.4. The number of rotatable bonds is 24. The fraction of sp³-hybridized carbons (Fsp3) is 0.915. The largest absolute Gasteiger partial charge is 0.378 e. The van der Waals surface area contributed by atoms with Gasteiger partial charge < -0.3 is 40.2 Å². The molecule has 0 aromatic heterocycles. The smallest absolute Gasteiger partial charge is 0.222 e. The first-order valence-corrected chi connectivity index (χ1v) is 24.1. The molecule has 3 rings (SSSR count). The van der Waals surface area contributed by atoms with Crippen LogP contribution in [0.5, 0.6) is 0 Å². The number of ether oxygens (including phenoxy) is 4. The van der Waals surface area contributed by atoms with Gasteiger partial charge in [0.1, 0.15) is 5.54 Å². The molecule has 0 aliphatic heterocycles. The molecule has 3 aliphatic carbocycles.